The Labute approximate surface area is 153 Å². The van der Waals surface area contributed by atoms with Gasteiger partial charge in [-0.1, -0.05) is 18.2 Å². The van der Waals surface area contributed by atoms with Gasteiger partial charge in [0.25, 0.3) is 0 Å². The van der Waals surface area contributed by atoms with E-state index in [9.17, 15) is 9.50 Å². The smallest absolute Gasteiger partial charge is 0.161 e. The summed E-state index contributed by atoms with van der Waals surface area (Å²) in [6, 6.07) is 12.3. The minimum atomic E-state index is -0.266. The van der Waals surface area contributed by atoms with E-state index in [0.29, 0.717) is 29.9 Å². The third kappa shape index (κ3) is 3.55. The van der Waals surface area contributed by atoms with E-state index in [-0.39, 0.29) is 11.9 Å². The molecule has 2 aliphatic rings. The van der Waals surface area contributed by atoms with E-state index in [1.165, 1.54) is 12.1 Å². The van der Waals surface area contributed by atoms with Crippen molar-refractivity contribution in [1.82, 2.24) is 4.90 Å². The van der Waals surface area contributed by atoms with Gasteiger partial charge in [-0.3, -0.25) is 4.90 Å². The Balaban J connectivity index is 1.39. The molecule has 2 aromatic carbocycles. The molecule has 1 N–H and O–H groups in total. The molecule has 0 amide bonds. The maximum absolute atomic E-state index is 13.3. The van der Waals surface area contributed by atoms with Crippen LogP contribution in [0.25, 0.3) is 0 Å². The molecule has 0 bridgehead atoms. The number of likely N-dealkylation sites (tertiary alicyclic amines) is 1. The van der Waals surface area contributed by atoms with Gasteiger partial charge in [0, 0.05) is 25.6 Å². The van der Waals surface area contributed by atoms with E-state index in [1.54, 1.807) is 13.2 Å². The van der Waals surface area contributed by atoms with Crippen molar-refractivity contribution in [2.45, 2.75) is 25.7 Å². The van der Waals surface area contributed by atoms with Crippen molar-refractivity contribution in [3.63, 3.8) is 0 Å². The summed E-state index contributed by atoms with van der Waals surface area (Å²) in [6.45, 7) is 3.16. The van der Waals surface area contributed by atoms with Crippen LogP contribution in [0.2, 0.25) is 0 Å². The maximum Gasteiger partial charge on any atom is 0.161 e. The Hall–Kier alpha value is -2.11. The third-order valence-corrected chi connectivity index (χ3v) is 5.52. The van der Waals surface area contributed by atoms with Crippen molar-refractivity contribution in [3.8, 4) is 11.5 Å². The second-order valence-electron chi connectivity index (χ2n) is 7.32. The first-order valence-electron chi connectivity index (χ1n) is 9.07. The Kier molecular flexibility index (Phi) is 4.83. The number of hydrogen-bond acceptors (Lipinski definition) is 4. The summed E-state index contributed by atoms with van der Waals surface area (Å²) in [6.07, 6.45) is 0.829. The number of aliphatic hydroxyl groups is 1. The lowest BCUT2D eigenvalue weighted by atomic mass is 9.74. The maximum atomic E-state index is 13.3. The molecule has 1 heterocycles. The number of hydrogen-bond donors (Lipinski definition) is 1. The lowest BCUT2D eigenvalue weighted by molar-refractivity contribution is -0.00435. The normalized spacial score (nSPS) is 24.8. The zero-order valence-electron chi connectivity index (χ0n) is 14.9. The fraction of sp³-hybridized carbons (Fsp3) is 0.429. The van der Waals surface area contributed by atoms with Gasteiger partial charge in [0.15, 0.2) is 11.5 Å². The molecule has 2 aromatic rings. The van der Waals surface area contributed by atoms with E-state index in [0.717, 1.165) is 37.2 Å². The molecular weight excluding hydrogens is 333 g/mol. The number of rotatable bonds is 6. The molecule has 0 radical (unpaired) electrons. The van der Waals surface area contributed by atoms with Crippen molar-refractivity contribution in [1.29, 1.82) is 0 Å². The summed E-state index contributed by atoms with van der Waals surface area (Å²) >= 11 is 0. The van der Waals surface area contributed by atoms with E-state index < -0.39 is 0 Å². The lowest BCUT2D eigenvalue weighted by Gasteiger charge is -2.35. The van der Waals surface area contributed by atoms with Crippen LogP contribution in [0.4, 0.5) is 4.39 Å². The van der Waals surface area contributed by atoms with Gasteiger partial charge in [0.05, 0.1) is 13.2 Å². The van der Waals surface area contributed by atoms with Gasteiger partial charge in [0.1, 0.15) is 12.4 Å². The van der Waals surface area contributed by atoms with Gasteiger partial charge >= 0.3 is 0 Å². The summed E-state index contributed by atoms with van der Waals surface area (Å²) < 4.78 is 24.6. The molecule has 138 valence electrons. The van der Waals surface area contributed by atoms with Crippen LogP contribution in [0.1, 0.15) is 17.5 Å². The van der Waals surface area contributed by atoms with Crippen LogP contribution < -0.4 is 9.47 Å². The van der Waals surface area contributed by atoms with Gasteiger partial charge < -0.3 is 14.6 Å². The largest absolute Gasteiger partial charge is 0.493 e. The standard InChI is InChI=1S/C21H24FNO3/c1-25-21-8-14(10-23-11-16-9-19(24)18(16)12-23)5-6-20(21)26-13-15-3-2-4-17(22)7-15/h2-8,16,18-19,24H,9-13H2,1H3/t16-,18+,19-/m1/s1. The van der Waals surface area contributed by atoms with E-state index in [2.05, 4.69) is 4.90 Å². The fourth-order valence-corrected chi connectivity index (χ4v) is 4.07. The molecule has 1 saturated heterocycles. The first kappa shape index (κ1) is 17.3. The minimum absolute atomic E-state index is 0.113. The zero-order valence-corrected chi connectivity index (χ0v) is 14.9. The monoisotopic (exact) mass is 357 g/mol. The Morgan fingerprint density at radius 3 is 2.73 bits per heavy atom. The zero-order chi connectivity index (χ0) is 18.1. The summed E-state index contributed by atoms with van der Waals surface area (Å²) in [5.74, 6) is 2.17. The van der Waals surface area contributed by atoms with E-state index in [4.69, 9.17) is 9.47 Å². The van der Waals surface area contributed by atoms with Crippen LogP contribution in [-0.4, -0.2) is 36.3 Å². The molecule has 2 fully saturated rings. The van der Waals surface area contributed by atoms with E-state index in [1.807, 2.05) is 24.3 Å². The van der Waals surface area contributed by atoms with Gasteiger partial charge in [0.2, 0.25) is 0 Å². The SMILES string of the molecule is COc1cc(CN2C[C@H]3C[C@@H](O)[C@H]3C2)ccc1OCc1cccc(F)c1. The van der Waals surface area contributed by atoms with Crippen molar-refractivity contribution in [2.75, 3.05) is 20.2 Å². The van der Waals surface area contributed by atoms with Crippen molar-refractivity contribution in [3.05, 3.63) is 59.4 Å². The summed E-state index contributed by atoms with van der Waals surface area (Å²) in [4.78, 5) is 2.40. The molecule has 1 aliphatic carbocycles. The summed E-state index contributed by atoms with van der Waals surface area (Å²) in [5, 5.41) is 9.80. The molecule has 1 aliphatic heterocycles. The molecule has 1 saturated carbocycles. The average Bonchev–Trinajstić information content (AvgIpc) is 2.96. The predicted molar refractivity (Wildman–Crippen MR) is 96.6 cm³/mol. The van der Waals surface area contributed by atoms with Crippen molar-refractivity contribution in [2.24, 2.45) is 11.8 Å². The molecule has 5 heteroatoms. The third-order valence-electron chi connectivity index (χ3n) is 5.52. The van der Waals surface area contributed by atoms with Gasteiger partial charge in [-0.2, -0.15) is 0 Å². The lowest BCUT2D eigenvalue weighted by Crippen LogP contribution is -2.39. The second kappa shape index (κ2) is 7.25. The highest BCUT2D eigenvalue weighted by atomic mass is 19.1. The average molecular weight is 357 g/mol. The molecule has 4 rings (SSSR count). The molecule has 0 spiro atoms. The number of ether oxygens (including phenoxy) is 2. The van der Waals surface area contributed by atoms with Crippen LogP contribution >= 0.6 is 0 Å². The van der Waals surface area contributed by atoms with Crippen LogP contribution in [0.5, 0.6) is 11.5 Å². The number of nitrogens with zero attached hydrogens (tertiary/aromatic N) is 1. The van der Waals surface area contributed by atoms with Crippen LogP contribution in [0.15, 0.2) is 42.5 Å². The van der Waals surface area contributed by atoms with Crippen molar-refractivity contribution >= 4 is 0 Å². The first-order valence-corrected chi connectivity index (χ1v) is 9.07. The number of methoxy groups -OCH3 is 1. The number of aliphatic hydroxyl groups excluding tert-OH is 1. The molecule has 4 nitrogen and oxygen atoms in total. The quantitative estimate of drug-likeness (QED) is 0.862. The van der Waals surface area contributed by atoms with Crippen molar-refractivity contribution < 1.29 is 19.0 Å². The topological polar surface area (TPSA) is 41.9 Å². The van der Waals surface area contributed by atoms with Crippen LogP contribution in [0, 0.1) is 17.7 Å². The Morgan fingerprint density at radius 2 is 2.00 bits per heavy atom. The number of halogens is 1. The fourth-order valence-electron chi connectivity index (χ4n) is 4.07. The predicted octanol–water partition coefficient (Wildman–Crippen LogP) is 3.23. The molecule has 26 heavy (non-hydrogen) atoms. The highest BCUT2D eigenvalue weighted by molar-refractivity contribution is 5.43. The second-order valence-corrected chi connectivity index (χ2v) is 7.32. The van der Waals surface area contributed by atoms with E-state index >= 15 is 0 Å². The highest BCUT2D eigenvalue weighted by Crippen LogP contribution is 2.41. The van der Waals surface area contributed by atoms with Crippen LogP contribution in [0.3, 0.4) is 0 Å². The molecular formula is C21H24FNO3. The van der Waals surface area contributed by atoms with Gasteiger partial charge in [-0.05, 0) is 47.7 Å². The van der Waals surface area contributed by atoms with Crippen LogP contribution in [-0.2, 0) is 13.2 Å². The number of fused-ring (bicyclic) bond motifs is 1. The first-order chi connectivity index (χ1) is 12.6. The molecule has 3 atom stereocenters. The van der Waals surface area contributed by atoms with Gasteiger partial charge in [-0.25, -0.2) is 4.39 Å². The minimum Gasteiger partial charge on any atom is -0.493 e. The summed E-state index contributed by atoms with van der Waals surface area (Å²) in [5.41, 5.74) is 1.94. The Bertz CT molecular complexity index is 782. The highest BCUT2D eigenvalue weighted by Gasteiger charge is 2.45. The molecule has 0 unspecified atom stereocenters. The molecule has 0 aromatic heterocycles. The summed E-state index contributed by atoms with van der Waals surface area (Å²) in [7, 11) is 1.63. The van der Waals surface area contributed by atoms with Gasteiger partial charge in [-0.15, -0.1) is 0 Å². The number of benzene rings is 2. The Morgan fingerprint density at radius 1 is 1.12 bits per heavy atom.